The van der Waals surface area contributed by atoms with Gasteiger partial charge in [0.05, 0.1) is 0 Å². The van der Waals surface area contributed by atoms with Gasteiger partial charge >= 0.3 is 0 Å². The highest BCUT2D eigenvalue weighted by atomic mass is 15.2. The molecule has 0 aromatic heterocycles. The van der Waals surface area contributed by atoms with E-state index in [1.54, 1.807) is 0 Å². The zero-order valence-corrected chi connectivity index (χ0v) is 12.0. The van der Waals surface area contributed by atoms with Gasteiger partial charge in [-0.25, -0.2) is 0 Å². The van der Waals surface area contributed by atoms with Crippen LogP contribution in [0.5, 0.6) is 0 Å². The van der Waals surface area contributed by atoms with E-state index in [9.17, 15) is 0 Å². The minimum atomic E-state index is 0.698. The summed E-state index contributed by atoms with van der Waals surface area (Å²) < 4.78 is 0. The molecule has 3 fully saturated rings. The smallest absolute Gasteiger partial charge is 0.0249 e. The molecule has 0 amide bonds. The molecule has 18 heavy (non-hydrogen) atoms. The van der Waals surface area contributed by atoms with Gasteiger partial charge in [-0.1, -0.05) is 32.1 Å². The van der Waals surface area contributed by atoms with Crippen molar-refractivity contribution in [1.82, 2.24) is 10.2 Å². The fourth-order valence-corrected chi connectivity index (χ4v) is 4.00. The van der Waals surface area contributed by atoms with Crippen LogP contribution in [0.2, 0.25) is 0 Å². The van der Waals surface area contributed by atoms with Gasteiger partial charge in [-0.2, -0.15) is 0 Å². The first-order chi connectivity index (χ1) is 8.83. The quantitative estimate of drug-likeness (QED) is 0.825. The molecule has 0 aromatic carbocycles. The van der Waals surface area contributed by atoms with Crippen molar-refractivity contribution in [2.24, 2.45) is 11.8 Å². The summed E-state index contributed by atoms with van der Waals surface area (Å²) in [7, 11) is 0. The summed E-state index contributed by atoms with van der Waals surface area (Å²) in [6.07, 6.45) is 11.9. The van der Waals surface area contributed by atoms with Crippen LogP contribution in [0.1, 0.15) is 58.3 Å². The van der Waals surface area contributed by atoms with Crippen molar-refractivity contribution in [3.8, 4) is 0 Å². The molecule has 2 aliphatic carbocycles. The van der Waals surface area contributed by atoms with Gasteiger partial charge < -0.3 is 5.32 Å². The standard InChI is InChI=1S/C16H30N2/c1-13-12-18(10-9-14-7-8-14)16(11-17-13)15-5-3-2-4-6-15/h13-17H,2-12H2,1H3. The first-order valence-corrected chi connectivity index (χ1v) is 8.30. The zero-order chi connectivity index (χ0) is 12.4. The summed E-state index contributed by atoms with van der Waals surface area (Å²) >= 11 is 0. The number of nitrogens with zero attached hydrogens (tertiary/aromatic N) is 1. The van der Waals surface area contributed by atoms with Crippen molar-refractivity contribution >= 4 is 0 Å². The molecule has 2 atom stereocenters. The molecular formula is C16H30N2. The van der Waals surface area contributed by atoms with Gasteiger partial charge in [-0.05, 0) is 44.6 Å². The van der Waals surface area contributed by atoms with Crippen molar-refractivity contribution in [2.75, 3.05) is 19.6 Å². The fourth-order valence-electron chi connectivity index (χ4n) is 4.00. The SMILES string of the molecule is CC1CN(CCC2CC2)C(C2CCCCC2)CN1. The summed E-state index contributed by atoms with van der Waals surface area (Å²) in [5.74, 6) is 2.07. The van der Waals surface area contributed by atoms with Crippen LogP contribution < -0.4 is 5.32 Å². The Morgan fingerprint density at radius 1 is 1.06 bits per heavy atom. The molecule has 2 unspecified atom stereocenters. The maximum absolute atomic E-state index is 3.72. The van der Waals surface area contributed by atoms with Crippen LogP contribution >= 0.6 is 0 Å². The number of nitrogens with one attached hydrogen (secondary N) is 1. The van der Waals surface area contributed by atoms with E-state index in [4.69, 9.17) is 0 Å². The topological polar surface area (TPSA) is 15.3 Å². The maximum atomic E-state index is 3.72. The molecular weight excluding hydrogens is 220 g/mol. The van der Waals surface area contributed by atoms with Gasteiger partial charge in [-0.3, -0.25) is 4.90 Å². The summed E-state index contributed by atoms with van der Waals surface area (Å²) in [6.45, 7) is 6.25. The predicted octanol–water partition coefficient (Wildman–Crippen LogP) is 3.03. The molecule has 3 rings (SSSR count). The molecule has 0 spiro atoms. The summed E-state index contributed by atoms with van der Waals surface area (Å²) in [6, 6.07) is 1.55. The Hall–Kier alpha value is -0.0800. The first-order valence-electron chi connectivity index (χ1n) is 8.30. The molecule has 3 aliphatic rings. The van der Waals surface area contributed by atoms with Gasteiger partial charge in [0.2, 0.25) is 0 Å². The third kappa shape index (κ3) is 3.27. The van der Waals surface area contributed by atoms with Gasteiger partial charge in [0, 0.05) is 25.2 Å². The van der Waals surface area contributed by atoms with Crippen molar-refractivity contribution in [3.05, 3.63) is 0 Å². The van der Waals surface area contributed by atoms with E-state index in [1.807, 2.05) is 0 Å². The Labute approximate surface area is 113 Å². The summed E-state index contributed by atoms with van der Waals surface area (Å²) in [5.41, 5.74) is 0. The molecule has 0 aromatic rings. The lowest BCUT2D eigenvalue weighted by Crippen LogP contribution is -2.58. The third-order valence-electron chi connectivity index (χ3n) is 5.37. The Morgan fingerprint density at radius 2 is 1.83 bits per heavy atom. The highest BCUT2D eigenvalue weighted by Gasteiger charge is 2.33. The Morgan fingerprint density at radius 3 is 2.56 bits per heavy atom. The lowest BCUT2D eigenvalue weighted by molar-refractivity contribution is 0.0730. The van der Waals surface area contributed by atoms with E-state index >= 15 is 0 Å². The van der Waals surface area contributed by atoms with Gasteiger partial charge in [0.1, 0.15) is 0 Å². The number of hydrogen-bond donors (Lipinski definition) is 1. The number of rotatable bonds is 4. The molecule has 2 saturated carbocycles. The Balaban J connectivity index is 1.56. The molecule has 0 radical (unpaired) electrons. The van der Waals surface area contributed by atoms with Gasteiger partial charge in [0.25, 0.3) is 0 Å². The number of hydrogen-bond acceptors (Lipinski definition) is 2. The van der Waals surface area contributed by atoms with E-state index in [0.717, 1.165) is 17.9 Å². The van der Waals surface area contributed by atoms with E-state index in [-0.39, 0.29) is 0 Å². The van der Waals surface area contributed by atoms with Crippen LogP contribution in [0, 0.1) is 11.8 Å². The van der Waals surface area contributed by atoms with Gasteiger partial charge in [0.15, 0.2) is 0 Å². The average Bonchev–Trinajstić information content (AvgIpc) is 3.21. The molecule has 0 bridgehead atoms. The molecule has 1 aliphatic heterocycles. The van der Waals surface area contributed by atoms with E-state index in [2.05, 4.69) is 17.1 Å². The summed E-state index contributed by atoms with van der Waals surface area (Å²) in [5, 5.41) is 3.72. The Bertz CT molecular complexity index is 256. The molecule has 1 N–H and O–H groups in total. The van der Waals surface area contributed by atoms with Crippen LogP contribution in [0.4, 0.5) is 0 Å². The monoisotopic (exact) mass is 250 g/mol. The molecule has 2 heteroatoms. The van der Waals surface area contributed by atoms with E-state index < -0.39 is 0 Å². The number of piperazine rings is 1. The summed E-state index contributed by atoms with van der Waals surface area (Å²) in [4.78, 5) is 2.84. The van der Waals surface area contributed by atoms with Crippen molar-refractivity contribution in [3.63, 3.8) is 0 Å². The molecule has 104 valence electrons. The van der Waals surface area contributed by atoms with E-state index in [0.29, 0.717) is 6.04 Å². The second kappa shape index (κ2) is 5.92. The van der Waals surface area contributed by atoms with Crippen molar-refractivity contribution in [2.45, 2.75) is 70.4 Å². The van der Waals surface area contributed by atoms with Crippen molar-refractivity contribution < 1.29 is 0 Å². The average molecular weight is 250 g/mol. The second-order valence-corrected chi connectivity index (χ2v) is 7.00. The van der Waals surface area contributed by atoms with E-state index in [1.165, 1.54) is 71.0 Å². The largest absolute Gasteiger partial charge is 0.311 e. The van der Waals surface area contributed by atoms with Crippen molar-refractivity contribution in [1.29, 1.82) is 0 Å². The second-order valence-electron chi connectivity index (χ2n) is 7.00. The molecule has 1 heterocycles. The minimum Gasteiger partial charge on any atom is -0.311 e. The van der Waals surface area contributed by atoms with Crippen LogP contribution in [-0.4, -0.2) is 36.6 Å². The van der Waals surface area contributed by atoms with Crippen LogP contribution in [0.3, 0.4) is 0 Å². The molecule has 2 nitrogen and oxygen atoms in total. The van der Waals surface area contributed by atoms with Gasteiger partial charge in [-0.15, -0.1) is 0 Å². The maximum Gasteiger partial charge on any atom is 0.0249 e. The first kappa shape index (κ1) is 12.9. The third-order valence-corrected chi connectivity index (χ3v) is 5.37. The van der Waals surface area contributed by atoms with Crippen LogP contribution in [0.15, 0.2) is 0 Å². The predicted molar refractivity (Wildman–Crippen MR) is 76.7 cm³/mol. The lowest BCUT2D eigenvalue weighted by Gasteiger charge is -2.44. The normalized spacial score (nSPS) is 35.8. The fraction of sp³-hybridized carbons (Fsp3) is 1.00. The van der Waals surface area contributed by atoms with Crippen LogP contribution in [0.25, 0.3) is 0 Å². The minimum absolute atomic E-state index is 0.698. The Kier molecular flexibility index (Phi) is 4.25. The highest BCUT2D eigenvalue weighted by Crippen LogP contribution is 2.34. The molecule has 1 saturated heterocycles. The lowest BCUT2D eigenvalue weighted by atomic mass is 9.82. The zero-order valence-electron chi connectivity index (χ0n) is 12.0. The van der Waals surface area contributed by atoms with Crippen LogP contribution in [-0.2, 0) is 0 Å². The highest BCUT2D eigenvalue weighted by molar-refractivity contribution is 4.90.